The second-order valence-corrected chi connectivity index (χ2v) is 5.11. The predicted molar refractivity (Wildman–Crippen MR) is 77.8 cm³/mol. The Morgan fingerprint density at radius 1 is 1.25 bits per heavy atom. The summed E-state index contributed by atoms with van der Waals surface area (Å²) >= 11 is 6.12. The zero-order valence-corrected chi connectivity index (χ0v) is 12.1. The van der Waals surface area contributed by atoms with Gasteiger partial charge in [0.25, 0.3) is 0 Å². The predicted octanol–water partition coefficient (Wildman–Crippen LogP) is 4.07. The number of hydrogen-bond donors (Lipinski definition) is 1. The summed E-state index contributed by atoms with van der Waals surface area (Å²) in [6.07, 6.45) is -0.677. The molecular formula is C16H16ClFO2. The van der Waals surface area contributed by atoms with Crippen molar-refractivity contribution in [3.05, 3.63) is 63.9 Å². The Morgan fingerprint density at radius 3 is 2.60 bits per heavy atom. The fourth-order valence-electron chi connectivity index (χ4n) is 2.04. The van der Waals surface area contributed by atoms with E-state index in [1.54, 1.807) is 6.07 Å². The Balaban J connectivity index is 2.21. The summed E-state index contributed by atoms with van der Waals surface area (Å²) < 4.78 is 18.8. The third-order valence-corrected chi connectivity index (χ3v) is 3.54. The molecule has 4 heteroatoms. The van der Waals surface area contributed by atoms with Crippen LogP contribution in [0.4, 0.5) is 4.39 Å². The number of hydrogen-bond acceptors (Lipinski definition) is 2. The Labute approximate surface area is 122 Å². The van der Waals surface area contributed by atoms with E-state index in [4.69, 9.17) is 16.3 Å². The highest BCUT2D eigenvalue weighted by atomic mass is 35.5. The van der Waals surface area contributed by atoms with E-state index in [1.807, 2.05) is 25.1 Å². The zero-order chi connectivity index (χ0) is 14.7. The van der Waals surface area contributed by atoms with E-state index in [-0.39, 0.29) is 12.0 Å². The molecule has 2 aromatic rings. The molecule has 1 atom stereocenters. The first-order valence-electron chi connectivity index (χ1n) is 6.28. The summed E-state index contributed by atoms with van der Waals surface area (Å²) in [7, 11) is 1.47. The van der Waals surface area contributed by atoms with Gasteiger partial charge in [0.05, 0.1) is 13.2 Å². The van der Waals surface area contributed by atoms with Crippen LogP contribution in [0.5, 0.6) is 5.75 Å². The molecule has 0 heterocycles. The minimum absolute atomic E-state index is 0.238. The highest BCUT2D eigenvalue weighted by Crippen LogP contribution is 2.27. The summed E-state index contributed by atoms with van der Waals surface area (Å²) in [5, 5.41) is 10.8. The molecule has 0 fully saturated rings. The minimum atomic E-state index is -0.943. The monoisotopic (exact) mass is 294 g/mol. The van der Waals surface area contributed by atoms with Crippen molar-refractivity contribution < 1.29 is 14.2 Å². The van der Waals surface area contributed by atoms with Gasteiger partial charge in [-0.25, -0.2) is 4.39 Å². The third kappa shape index (κ3) is 3.30. The molecular weight excluding hydrogens is 279 g/mol. The van der Waals surface area contributed by atoms with Gasteiger partial charge in [-0.1, -0.05) is 23.7 Å². The van der Waals surface area contributed by atoms with Gasteiger partial charge in [-0.15, -0.1) is 0 Å². The minimum Gasteiger partial charge on any atom is -0.497 e. The molecule has 0 bridgehead atoms. The Kier molecular flexibility index (Phi) is 4.63. The van der Waals surface area contributed by atoms with E-state index in [1.165, 1.54) is 19.2 Å². The SMILES string of the molecule is COc1ccc(C(O)Cc2ccc(C)cc2Cl)c(F)c1. The normalized spacial score (nSPS) is 12.2. The van der Waals surface area contributed by atoms with E-state index in [0.29, 0.717) is 10.8 Å². The van der Waals surface area contributed by atoms with Crippen LogP contribution in [0.25, 0.3) is 0 Å². The van der Waals surface area contributed by atoms with Gasteiger partial charge in [-0.3, -0.25) is 0 Å². The number of methoxy groups -OCH3 is 1. The molecule has 2 rings (SSSR count). The van der Waals surface area contributed by atoms with Gasteiger partial charge in [0, 0.05) is 23.1 Å². The van der Waals surface area contributed by atoms with Crippen LogP contribution >= 0.6 is 11.6 Å². The number of aliphatic hydroxyl groups is 1. The lowest BCUT2D eigenvalue weighted by atomic mass is 10.00. The lowest BCUT2D eigenvalue weighted by Gasteiger charge is -2.14. The molecule has 0 saturated heterocycles. The number of aryl methyl sites for hydroxylation is 1. The third-order valence-electron chi connectivity index (χ3n) is 3.19. The van der Waals surface area contributed by atoms with Crippen molar-refractivity contribution in [1.29, 1.82) is 0 Å². The van der Waals surface area contributed by atoms with Crippen LogP contribution in [0.3, 0.4) is 0 Å². The van der Waals surface area contributed by atoms with Gasteiger partial charge in [0.2, 0.25) is 0 Å². The molecule has 0 radical (unpaired) electrons. The number of benzene rings is 2. The van der Waals surface area contributed by atoms with Gasteiger partial charge < -0.3 is 9.84 Å². The Morgan fingerprint density at radius 2 is 2.00 bits per heavy atom. The molecule has 106 valence electrons. The number of ether oxygens (including phenoxy) is 1. The molecule has 0 aliphatic rings. The molecule has 0 saturated carbocycles. The van der Waals surface area contributed by atoms with Gasteiger partial charge >= 0.3 is 0 Å². The van der Waals surface area contributed by atoms with Crippen LogP contribution in [0, 0.1) is 12.7 Å². The topological polar surface area (TPSA) is 29.5 Å². The molecule has 2 aromatic carbocycles. The van der Waals surface area contributed by atoms with Crippen molar-refractivity contribution in [3.8, 4) is 5.75 Å². The molecule has 0 aliphatic carbocycles. The van der Waals surface area contributed by atoms with Crippen LogP contribution < -0.4 is 4.74 Å². The molecule has 1 N–H and O–H groups in total. The fourth-order valence-corrected chi connectivity index (χ4v) is 2.35. The molecule has 1 unspecified atom stereocenters. The smallest absolute Gasteiger partial charge is 0.132 e. The second-order valence-electron chi connectivity index (χ2n) is 4.70. The first-order chi connectivity index (χ1) is 9.51. The van der Waals surface area contributed by atoms with Crippen molar-refractivity contribution >= 4 is 11.6 Å². The fraction of sp³-hybridized carbons (Fsp3) is 0.250. The Bertz CT molecular complexity index is 613. The Hall–Kier alpha value is -1.58. The maximum atomic E-state index is 13.9. The van der Waals surface area contributed by atoms with Crippen molar-refractivity contribution in [1.82, 2.24) is 0 Å². The van der Waals surface area contributed by atoms with Crippen LogP contribution in [0.15, 0.2) is 36.4 Å². The summed E-state index contributed by atoms with van der Waals surface area (Å²) in [5.74, 6) is -0.0631. The lowest BCUT2D eigenvalue weighted by Crippen LogP contribution is -2.05. The average molecular weight is 295 g/mol. The summed E-state index contributed by atoms with van der Waals surface area (Å²) in [6, 6.07) is 10.0. The first kappa shape index (κ1) is 14.8. The average Bonchev–Trinajstić information content (AvgIpc) is 2.41. The van der Waals surface area contributed by atoms with E-state index in [9.17, 15) is 9.50 Å². The highest BCUT2D eigenvalue weighted by Gasteiger charge is 2.15. The van der Waals surface area contributed by atoms with Crippen molar-refractivity contribution in [2.24, 2.45) is 0 Å². The van der Waals surface area contributed by atoms with Crippen molar-refractivity contribution in [2.45, 2.75) is 19.4 Å². The van der Waals surface area contributed by atoms with Gasteiger partial charge in [0.15, 0.2) is 0 Å². The molecule has 2 nitrogen and oxygen atoms in total. The van der Waals surface area contributed by atoms with Crippen LogP contribution in [0.1, 0.15) is 22.8 Å². The van der Waals surface area contributed by atoms with Crippen LogP contribution in [0.2, 0.25) is 5.02 Å². The van der Waals surface area contributed by atoms with Gasteiger partial charge in [0.1, 0.15) is 11.6 Å². The van der Waals surface area contributed by atoms with E-state index in [2.05, 4.69) is 0 Å². The first-order valence-corrected chi connectivity index (χ1v) is 6.65. The second kappa shape index (κ2) is 6.25. The maximum Gasteiger partial charge on any atom is 0.132 e. The lowest BCUT2D eigenvalue weighted by molar-refractivity contribution is 0.173. The highest BCUT2D eigenvalue weighted by molar-refractivity contribution is 6.31. The van der Waals surface area contributed by atoms with Crippen LogP contribution in [-0.4, -0.2) is 12.2 Å². The van der Waals surface area contributed by atoms with Crippen LogP contribution in [-0.2, 0) is 6.42 Å². The molecule has 0 aliphatic heterocycles. The van der Waals surface area contributed by atoms with Crippen molar-refractivity contribution in [2.75, 3.05) is 7.11 Å². The summed E-state index contributed by atoms with van der Waals surface area (Å²) in [6.45, 7) is 1.94. The zero-order valence-electron chi connectivity index (χ0n) is 11.4. The van der Waals surface area contributed by atoms with Gasteiger partial charge in [-0.05, 0) is 36.2 Å². The summed E-state index contributed by atoms with van der Waals surface area (Å²) in [4.78, 5) is 0. The van der Waals surface area contributed by atoms with E-state index < -0.39 is 11.9 Å². The van der Waals surface area contributed by atoms with Gasteiger partial charge in [-0.2, -0.15) is 0 Å². The quantitative estimate of drug-likeness (QED) is 0.921. The molecule has 0 aromatic heterocycles. The van der Waals surface area contributed by atoms with E-state index >= 15 is 0 Å². The maximum absolute atomic E-state index is 13.9. The van der Waals surface area contributed by atoms with Crippen molar-refractivity contribution in [3.63, 3.8) is 0 Å². The number of rotatable bonds is 4. The van der Waals surface area contributed by atoms with E-state index in [0.717, 1.165) is 11.1 Å². The molecule has 0 spiro atoms. The molecule has 20 heavy (non-hydrogen) atoms. The molecule has 0 amide bonds. The number of halogens is 2. The largest absolute Gasteiger partial charge is 0.497 e. The summed E-state index contributed by atoms with van der Waals surface area (Å²) in [5.41, 5.74) is 2.08. The number of aliphatic hydroxyl groups excluding tert-OH is 1. The standard InChI is InChI=1S/C16H16ClFO2/c1-10-3-4-11(14(17)7-10)8-16(19)13-6-5-12(20-2)9-15(13)18/h3-7,9,16,19H,8H2,1-2H3.